The van der Waals surface area contributed by atoms with Crippen molar-refractivity contribution in [1.82, 2.24) is 0 Å². The Hall–Kier alpha value is -2.56. The van der Waals surface area contributed by atoms with Crippen LogP contribution in [0.4, 0.5) is 30.7 Å². The fourth-order valence-corrected chi connectivity index (χ4v) is 3.04. The van der Waals surface area contributed by atoms with Crippen LogP contribution in [-0.4, -0.2) is 12.4 Å². The zero-order chi connectivity index (χ0) is 21.3. The van der Waals surface area contributed by atoms with Crippen molar-refractivity contribution < 1.29 is 30.7 Å². The number of hydrogen-bond donors (Lipinski definition) is 0. The van der Waals surface area contributed by atoms with Gasteiger partial charge in [-0.25, -0.2) is 4.39 Å². The van der Waals surface area contributed by atoms with Gasteiger partial charge in [-0.3, -0.25) is 0 Å². The highest BCUT2D eigenvalue weighted by molar-refractivity contribution is 5.74. The van der Waals surface area contributed by atoms with Gasteiger partial charge in [-0.05, 0) is 47.2 Å². The van der Waals surface area contributed by atoms with E-state index >= 15 is 0 Å². The summed E-state index contributed by atoms with van der Waals surface area (Å²) < 4.78 is 95.6. The van der Waals surface area contributed by atoms with Gasteiger partial charge in [0.15, 0.2) is 0 Å². The maximum Gasteiger partial charge on any atom is 0.435 e. The molecule has 28 heavy (non-hydrogen) atoms. The van der Waals surface area contributed by atoms with Crippen LogP contribution in [0.15, 0.2) is 36.4 Å². The van der Waals surface area contributed by atoms with E-state index in [1.807, 2.05) is 6.07 Å². The van der Waals surface area contributed by atoms with E-state index in [4.69, 9.17) is 5.26 Å². The number of nitriles is 1. The summed E-state index contributed by atoms with van der Waals surface area (Å²) in [6.45, 7) is 3.12. The van der Waals surface area contributed by atoms with Crippen molar-refractivity contribution in [3.05, 3.63) is 58.7 Å². The Morgan fingerprint density at radius 3 is 1.75 bits per heavy atom. The molecule has 0 aliphatic heterocycles. The first-order chi connectivity index (χ1) is 12.9. The number of hydrogen-bond acceptors (Lipinski definition) is 1. The third kappa shape index (κ3) is 3.58. The fourth-order valence-electron chi connectivity index (χ4n) is 3.04. The molecular weight excluding hydrogens is 387 g/mol. The molecule has 0 aromatic heterocycles. The van der Waals surface area contributed by atoms with Crippen molar-refractivity contribution in [3.63, 3.8) is 0 Å². The Morgan fingerprint density at radius 2 is 1.36 bits per heavy atom. The number of alkyl halides is 7. The predicted octanol–water partition coefficient (Wildman–Crippen LogP) is 6.64. The minimum atomic E-state index is -6.20. The van der Waals surface area contributed by atoms with Crippen molar-refractivity contribution in [1.29, 1.82) is 5.26 Å². The van der Waals surface area contributed by atoms with Gasteiger partial charge in [-0.1, -0.05) is 38.1 Å². The van der Waals surface area contributed by atoms with Crippen molar-refractivity contribution in [3.8, 4) is 17.2 Å². The monoisotopic (exact) mass is 403 g/mol. The molecule has 0 aliphatic carbocycles. The smallest absolute Gasteiger partial charge is 0.218 e. The lowest BCUT2D eigenvalue weighted by atomic mass is 9.82. The normalized spacial score (nSPS) is 12.7. The van der Waals surface area contributed by atoms with E-state index in [1.54, 1.807) is 13.8 Å². The molecule has 8 heteroatoms. The van der Waals surface area contributed by atoms with E-state index < -0.39 is 29.1 Å². The van der Waals surface area contributed by atoms with E-state index in [0.717, 1.165) is 0 Å². The summed E-state index contributed by atoms with van der Waals surface area (Å²) in [4.78, 5) is 0. The van der Waals surface area contributed by atoms with E-state index in [1.165, 1.54) is 30.3 Å². The molecule has 0 aliphatic rings. The lowest BCUT2D eigenvalue weighted by molar-refractivity contribution is -0.348. The van der Waals surface area contributed by atoms with Crippen LogP contribution < -0.4 is 0 Å². The summed E-state index contributed by atoms with van der Waals surface area (Å²) in [5.41, 5.74) is -6.99. The van der Waals surface area contributed by atoms with Gasteiger partial charge < -0.3 is 0 Å². The maximum absolute atomic E-state index is 15.0. The van der Waals surface area contributed by atoms with Gasteiger partial charge in [-0.15, -0.1) is 0 Å². The molecule has 2 aromatic rings. The largest absolute Gasteiger partial charge is 0.435 e. The van der Waals surface area contributed by atoms with Crippen LogP contribution in [0, 0.1) is 11.3 Å². The fraction of sp³-hybridized carbons (Fsp3) is 0.350. The Kier molecular flexibility index (Phi) is 5.79. The van der Waals surface area contributed by atoms with Gasteiger partial charge in [0.1, 0.15) is 0 Å². The molecule has 1 nitrogen and oxygen atoms in total. The highest BCUT2D eigenvalue weighted by Crippen LogP contribution is 2.56. The topological polar surface area (TPSA) is 23.8 Å². The number of halogens is 7. The molecule has 0 bridgehead atoms. The summed E-state index contributed by atoms with van der Waals surface area (Å²) in [7, 11) is 0. The molecule has 0 atom stereocenters. The lowest BCUT2D eigenvalue weighted by Gasteiger charge is -2.33. The third-order valence-electron chi connectivity index (χ3n) is 4.52. The molecule has 0 saturated carbocycles. The minimum absolute atomic E-state index is 0.0240. The van der Waals surface area contributed by atoms with Crippen molar-refractivity contribution in [2.24, 2.45) is 0 Å². The standard InChI is InChI=1S/C20H16F7N/c1-3-12-9-14(4-2)17(15-7-5-13(11-28)6-8-15)16(10-12)18(21,19(22,23)24)20(25,26)27/h5-10H,3-4H2,1-2H3. The van der Waals surface area contributed by atoms with Crippen LogP contribution >= 0.6 is 0 Å². The maximum atomic E-state index is 15.0. The molecule has 0 radical (unpaired) electrons. The van der Waals surface area contributed by atoms with Gasteiger partial charge >= 0.3 is 18.0 Å². The molecule has 2 rings (SSSR count). The lowest BCUT2D eigenvalue weighted by Crippen LogP contribution is -2.50. The van der Waals surface area contributed by atoms with Crippen LogP contribution in [0.3, 0.4) is 0 Å². The van der Waals surface area contributed by atoms with Crippen LogP contribution in [0.25, 0.3) is 11.1 Å². The second kappa shape index (κ2) is 7.46. The predicted molar refractivity (Wildman–Crippen MR) is 90.2 cm³/mol. The van der Waals surface area contributed by atoms with Crippen LogP contribution in [0.1, 0.15) is 36.1 Å². The molecule has 0 saturated heterocycles. The van der Waals surface area contributed by atoms with E-state index in [9.17, 15) is 30.7 Å². The van der Waals surface area contributed by atoms with Crippen LogP contribution in [0.5, 0.6) is 0 Å². The first-order valence-corrected chi connectivity index (χ1v) is 8.39. The van der Waals surface area contributed by atoms with Crippen molar-refractivity contribution in [2.75, 3.05) is 0 Å². The molecule has 0 N–H and O–H groups in total. The minimum Gasteiger partial charge on any atom is -0.218 e. The van der Waals surface area contributed by atoms with Crippen LogP contribution in [-0.2, 0) is 18.5 Å². The molecular formula is C20H16F7N. The van der Waals surface area contributed by atoms with Gasteiger partial charge in [-0.2, -0.15) is 31.6 Å². The summed E-state index contributed by atoms with van der Waals surface area (Å²) in [5, 5.41) is 8.86. The zero-order valence-corrected chi connectivity index (χ0v) is 15.0. The Morgan fingerprint density at radius 1 is 0.821 bits per heavy atom. The quantitative estimate of drug-likeness (QED) is 0.525. The highest BCUT2D eigenvalue weighted by Gasteiger charge is 2.74. The number of rotatable bonds is 4. The zero-order valence-electron chi connectivity index (χ0n) is 15.0. The SMILES string of the molecule is CCc1cc(CC)c(-c2ccc(C#N)cc2)c(C(F)(C(F)(F)F)C(F)(F)F)c1. The summed E-state index contributed by atoms with van der Waals surface area (Å²) in [5.74, 6) is 0. The van der Waals surface area contributed by atoms with E-state index in [-0.39, 0.29) is 35.1 Å². The summed E-state index contributed by atoms with van der Waals surface area (Å²) >= 11 is 0. The number of nitrogens with zero attached hydrogens (tertiary/aromatic N) is 1. The highest BCUT2D eigenvalue weighted by atomic mass is 19.4. The second-order valence-corrected chi connectivity index (χ2v) is 6.23. The average Bonchev–Trinajstić information content (AvgIpc) is 2.64. The number of aryl methyl sites for hydroxylation is 2. The first-order valence-electron chi connectivity index (χ1n) is 8.39. The third-order valence-corrected chi connectivity index (χ3v) is 4.52. The molecule has 0 fully saturated rings. The van der Waals surface area contributed by atoms with E-state index in [2.05, 4.69) is 0 Å². The first kappa shape index (κ1) is 21.7. The number of benzene rings is 2. The Labute approximate surface area is 157 Å². The summed E-state index contributed by atoms with van der Waals surface area (Å²) in [6, 6.07) is 8.87. The molecule has 0 spiro atoms. The second-order valence-electron chi connectivity index (χ2n) is 6.23. The molecule has 0 heterocycles. The Bertz CT molecular complexity index is 873. The van der Waals surface area contributed by atoms with Gasteiger partial charge in [0.2, 0.25) is 0 Å². The Balaban J connectivity index is 2.97. The molecule has 2 aromatic carbocycles. The summed E-state index contributed by atoms with van der Waals surface area (Å²) in [6.07, 6.45) is -12.2. The van der Waals surface area contributed by atoms with Gasteiger partial charge in [0.25, 0.3) is 0 Å². The average molecular weight is 403 g/mol. The van der Waals surface area contributed by atoms with Crippen molar-refractivity contribution in [2.45, 2.75) is 44.7 Å². The van der Waals surface area contributed by atoms with Crippen molar-refractivity contribution >= 4 is 0 Å². The van der Waals surface area contributed by atoms with Crippen LogP contribution in [0.2, 0.25) is 0 Å². The van der Waals surface area contributed by atoms with E-state index in [0.29, 0.717) is 6.07 Å². The molecule has 0 unspecified atom stereocenters. The van der Waals surface area contributed by atoms with Gasteiger partial charge in [0, 0.05) is 5.56 Å². The van der Waals surface area contributed by atoms with Gasteiger partial charge in [0.05, 0.1) is 11.6 Å². The molecule has 0 amide bonds. The molecule has 150 valence electrons.